The van der Waals surface area contributed by atoms with Gasteiger partial charge in [0.25, 0.3) is 0 Å². The van der Waals surface area contributed by atoms with Crippen molar-refractivity contribution in [1.29, 1.82) is 0 Å². The van der Waals surface area contributed by atoms with Crippen LogP contribution in [-0.2, 0) is 11.5 Å². The molecule has 6 heteroatoms. The quantitative estimate of drug-likeness (QED) is 0.515. The Bertz CT molecular complexity index is 598. The minimum atomic E-state index is 0.738. The van der Waals surface area contributed by atoms with E-state index in [-0.39, 0.29) is 0 Å². The van der Waals surface area contributed by atoms with Gasteiger partial charge in [-0.1, -0.05) is 12.1 Å². The Kier molecular flexibility index (Phi) is 3.63. The van der Waals surface area contributed by atoms with Crippen LogP contribution in [0.3, 0.4) is 0 Å². The first-order valence-corrected chi connectivity index (χ1v) is 8.28. The predicted octanol–water partition coefficient (Wildman–Crippen LogP) is 2.90. The van der Waals surface area contributed by atoms with Crippen molar-refractivity contribution in [3.05, 3.63) is 35.5 Å². The number of hydrazine groups is 1. The minimum absolute atomic E-state index is 0.738. The fourth-order valence-corrected chi connectivity index (χ4v) is 3.49. The molecule has 0 radical (unpaired) electrons. The fourth-order valence-electron chi connectivity index (χ4n) is 2.04. The number of anilines is 1. The van der Waals surface area contributed by atoms with Crippen LogP contribution in [0.15, 0.2) is 29.2 Å². The van der Waals surface area contributed by atoms with Crippen molar-refractivity contribution in [2.24, 2.45) is 5.84 Å². The zero-order chi connectivity index (χ0) is 13.2. The van der Waals surface area contributed by atoms with E-state index in [1.165, 1.54) is 4.90 Å². The first-order valence-electron chi connectivity index (χ1n) is 5.90. The molecule has 2 aromatic rings. The third-order valence-electron chi connectivity index (χ3n) is 3.06. The van der Waals surface area contributed by atoms with Gasteiger partial charge in [0.2, 0.25) is 0 Å². The van der Waals surface area contributed by atoms with Gasteiger partial charge < -0.3 is 5.43 Å². The normalized spacial score (nSPS) is 13.4. The summed E-state index contributed by atoms with van der Waals surface area (Å²) >= 11 is 3.56. The Balaban J connectivity index is 2.04. The van der Waals surface area contributed by atoms with Crippen molar-refractivity contribution < 1.29 is 0 Å². The molecule has 0 atom stereocenters. The molecular formula is C13H14N4S2. The Morgan fingerprint density at radius 2 is 2.00 bits per heavy atom. The van der Waals surface area contributed by atoms with Gasteiger partial charge in [0.15, 0.2) is 5.82 Å². The van der Waals surface area contributed by atoms with Gasteiger partial charge in [-0.05, 0) is 18.4 Å². The molecule has 0 unspecified atom stereocenters. The standard InChI is InChI=1S/C13H14N4S2/c1-18-9-4-2-8(3-5-9)12-15-11-7-19-6-10(11)13(16-12)17-14/h2-5H,6-7,14H2,1H3,(H,15,16,17). The molecule has 2 heterocycles. The maximum absolute atomic E-state index is 5.56. The van der Waals surface area contributed by atoms with Crippen LogP contribution < -0.4 is 11.3 Å². The molecule has 0 spiro atoms. The van der Waals surface area contributed by atoms with Crippen LogP contribution in [0.4, 0.5) is 5.82 Å². The van der Waals surface area contributed by atoms with Gasteiger partial charge in [0.05, 0.1) is 5.69 Å². The molecule has 98 valence electrons. The number of aromatic nitrogens is 2. The topological polar surface area (TPSA) is 63.8 Å². The minimum Gasteiger partial charge on any atom is -0.308 e. The van der Waals surface area contributed by atoms with Crippen molar-refractivity contribution in [3.63, 3.8) is 0 Å². The van der Waals surface area contributed by atoms with E-state index in [4.69, 9.17) is 5.84 Å². The summed E-state index contributed by atoms with van der Waals surface area (Å²) in [6, 6.07) is 8.27. The Morgan fingerprint density at radius 3 is 2.68 bits per heavy atom. The molecule has 1 aromatic carbocycles. The van der Waals surface area contributed by atoms with Crippen LogP contribution in [0.25, 0.3) is 11.4 Å². The molecule has 0 saturated heterocycles. The molecule has 0 fully saturated rings. The third-order valence-corrected chi connectivity index (χ3v) is 4.78. The van der Waals surface area contributed by atoms with Gasteiger partial charge in [-0.3, -0.25) is 0 Å². The summed E-state index contributed by atoms with van der Waals surface area (Å²) in [6.07, 6.45) is 2.06. The molecule has 1 aliphatic rings. The van der Waals surface area contributed by atoms with Gasteiger partial charge in [-0.25, -0.2) is 15.8 Å². The van der Waals surface area contributed by atoms with Crippen LogP contribution in [0.1, 0.15) is 11.3 Å². The summed E-state index contributed by atoms with van der Waals surface area (Å²) in [5.41, 5.74) is 5.94. The molecule has 4 nitrogen and oxygen atoms in total. The first kappa shape index (κ1) is 12.8. The monoisotopic (exact) mass is 290 g/mol. The maximum atomic E-state index is 5.56. The molecule has 3 N–H and O–H groups in total. The molecule has 0 bridgehead atoms. The zero-order valence-corrected chi connectivity index (χ0v) is 12.1. The number of nitrogens with two attached hydrogens (primary N) is 1. The summed E-state index contributed by atoms with van der Waals surface area (Å²) in [5, 5.41) is 0. The van der Waals surface area contributed by atoms with E-state index in [0.29, 0.717) is 0 Å². The third kappa shape index (κ3) is 2.43. The number of thioether (sulfide) groups is 2. The number of nitrogens with zero attached hydrogens (tertiary/aromatic N) is 2. The smallest absolute Gasteiger partial charge is 0.161 e. The summed E-state index contributed by atoms with van der Waals surface area (Å²) in [6.45, 7) is 0. The molecule has 0 saturated carbocycles. The lowest BCUT2D eigenvalue weighted by molar-refractivity contribution is 1.06. The number of fused-ring (bicyclic) bond motifs is 1. The highest BCUT2D eigenvalue weighted by Gasteiger charge is 2.19. The largest absolute Gasteiger partial charge is 0.308 e. The van der Waals surface area contributed by atoms with Crippen molar-refractivity contribution in [2.45, 2.75) is 16.4 Å². The van der Waals surface area contributed by atoms with Gasteiger partial charge in [0, 0.05) is 27.5 Å². The van der Waals surface area contributed by atoms with Crippen LogP contribution in [0.2, 0.25) is 0 Å². The average Bonchev–Trinajstić information content (AvgIpc) is 2.94. The number of hydrogen-bond acceptors (Lipinski definition) is 6. The van der Waals surface area contributed by atoms with Crippen molar-refractivity contribution >= 4 is 29.3 Å². The second-order valence-corrected chi connectivity index (χ2v) is 6.05. The Labute approximate surface area is 120 Å². The highest BCUT2D eigenvalue weighted by molar-refractivity contribution is 7.98. The van der Waals surface area contributed by atoms with E-state index in [2.05, 4.69) is 45.9 Å². The summed E-state index contributed by atoms with van der Waals surface area (Å²) in [4.78, 5) is 10.4. The van der Waals surface area contributed by atoms with E-state index in [0.717, 1.165) is 40.0 Å². The summed E-state index contributed by atoms with van der Waals surface area (Å²) < 4.78 is 0. The van der Waals surface area contributed by atoms with Crippen molar-refractivity contribution in [2.75, 3.05) is 11.7 Å². The van der Waals surface area contributed by atoms with Gasteiger partial charge in [0.1, 0.15) is 5.82 Å². The second kappa shape index (κ2) is 5.40. The van der Waals surface area contributed by atoms with E-state index < -0.39 is 0 Å². The molecule has 3 rings (SSSR count). The SMILES string of the molecule is CSc1ccc(-c2nc3c(c(NN)n2)CSC3)cc1. The lowest BCUT2D eigenvalue weighted by Crippen LogP contribution is -2.12. The number of nitrogen functional groups attached to an aromatic ring is 1. The fraction of sp³-hybridized carbons (Fsp3) is 0.231. The number of hydrogen-bond donors (Lipinski definition) is 2. The summed E-state index contributed by atoms with van der Waals surface area (Å²) in [7, 11) is 0. The van der Waals surface area contributed by atoms with Crippen molar-refractivity contribution in [3.8, 4) is 11.4 Å². The number of benzene rings is 1. The van der Waals surface area contributed by atoms with Gasteiger partial charge in [-0.15, -0.1) is 11.8 Å². The van der Waals surface area contributed by atoms with E-state index >= 15 is 0 Å². The molecule has 1 aliphatic heterocycles. The predicted molar refractivity (Wildman–Crippen MR) is 82.1 cm³/mol. The molecule has 0 aliphatic carbocycles. The van der Waals surface area contributed by atoms with E-state index in [1.807, 2.05) is 11.8 Å². The zero-order valence-electron chi connectivity index (χ0n) is 10.5. The molecule has 0 amide bonds. The molecule has 1 aromatic heterocycles. The van der Waals surface area contributed by atoms with Gasteiger partial charge in [-0.2, -0.15) is 11.8 Å². The maximum Gasteiger partial charge on any atom is 0.161 e. The van der Waals surface area contributed by atoms with E-state index in [1.54, 1.807) is 11.8 Å². The van der Waals surface area contributed by atoms with Gasteiger partial charge >= 0.3 is 0 Å². The first-order chi connectivity index (χ1) is 9.31. The average molecular weight is 290 g/mol. The van der Waals surface area contributed by atoms with Crippen LogP contribution in [0.5, 0.6) is 0 Å². The highest BCUT2D eigenvalue weighted by Crippen LogP contribution is 2.34. The van der Waals surface area contributed by atoms with E-state index in [9.17, 15) is 0 Å². The Morgan fingerprint density at radius 1 is 1.21 bits per heavy atom. The molecular weight excluding hydrogens is 276 g/mol. The second-order valence-electron chi connectivity index (χ2n) is 4.19. The van der Waals surface area contributed by atoms with Crippen LogP contribution >= 0.6 is 23.5 Å². The van der Waals surface area contributed by atoms with Crippen molar-refractivity contribution in [1.82, 2.24) is 9.97 Å². The van der Waals surface area contributed by atoms with Crippen LogP contribution in [-0.4, -0.2) is 16.2 Å². The number of nitrogens with one attached hydrogen (secondary N) is 1. The lowest BCUT2D eigenvalue weighted by atomic mass is 10.2. The summed E-state index contributed by atoms with van der Waals surface area (Å²) in [5.74, 6) is 8.91. The molecule has 19 heavy (non-hydrogen) atoms. The Hall–Kier alpha value is -1.24. The number of rotatable bonds is 3. The lowest BCUT2D eigenvalue weighted by Gasteiger charge is -2.09. The highest BCUT2D eigenvalue weighted by atomic mass is 32.2. The van der Waals surface area contributed by atoms with Crippen LogP contribution in [0, 0.1) is 0 Å².